The second kappa shape index (κ2) is 15.4. The van der Waals surface area contributed by atoms with Crippen LogP contribution in [0.1, 0.15) is 71.0 Å². The summed E-state index contributed by atoms with van der Waals surface area (Å²) in [5.41, 5.74) is 5.44. The standard InChI is InChI=1S/C39H49ClN8O4/c1-25-20-31(8-9-32(25)33-10-11-35(49)43-37(33)50)46-14-12-30(13-15-46)47-16-18-48(19-17-47)38(51)27-6-4-26(5-7-27)28-21-29(24-44(2)23-28)42-34-22-41-45(3)39(52)36(34)40/h4-9,20,22,28-30,33,42H,10-19,21,23-24H2,1-3H3,(H,43,49,50). The number of likely N-dealkylation sites (N-methyl/N-ethyl adjacent to an activating group) is 1. The van der Waals surface area contributed by atoms with Crippen LogP contribution in [-0.2, 0) is 16.6 Å². The van der Waals surface area contributed by atoms with E-state index in [-0.39, 0.29) is 46.2 Å². The highest BCUT2D eigenvalue weighted by molar-refractivity contribution is 6.32. The molecule has 4 saturated heterocycles. The largest absolute Gasteiger partial charge is 0.378 e. The van der Waals surface area contributed by atoms with Gasteiger partial charge in [0.05, 0.1) is 17.8 Å². The third-order valence-electron chi connectivity index (χ3n) is 11.5. The number of benzene rings is 2. The van der Waals surface area contributed by atoms with Crippen molar-refractivity contribution >= 4 is 40.7 Å². The molecule has 5 heterocycles. The quantitative estimate of drug-likeness (QED) is 0.352. The van der Waals surface area contributed by atoms with E-state index < -0.39 is 0 Å². The highest BCUT2D eigenvalue weighted by atomic mass is 35.5. The van der Waals surface area contributed by atoms with Crippen LogP contribution in [0.2, 0.25) is 5.02 Å². The first-order valence-corrected chi connectivity index (χ1v) is 18.9. The van der Waals surface area contributed by atoms with Crippen molar-refractivity contribution in [3.8, 4) is 0 Å². The predicted molar refractivity (Wildman–Crippen MR) is 202 cm³/mol. The molecule has 3 amide bonds. The smallest absolute Gasteiger partial charge is 0.287 e. The molecule has 0 radical (unpaired) electrons. The molecule has 4 aliphatic rings. The fourth-order valence-corrected chi connectivity index (χ4v) is 8.82. The number of piperazine rings is 1. The third-order valence-corrected chi connectivity index (χ3v) is 11.9. The Balaban J connectivity index is 0.884. The van der Waals surface area contributed by atoms with E-state index in [1.165, 1.54) is 15.9 Å². The van der Waals surface area contributed by atoms with Crippen LogP contribution in [0.3, 0.4) is 0 Å². The van der Waals surface area contributed by atoms with Crippen LogP contribution in [0, 0.1) is 6.92 Å². The first-order chi connectivity index (χ1) is 25.0. The van der Waals surface area contributed by atoms with E-state index in [1.54, 1.807) is 13.2 Å². The Morgan fingerprint density at radius 2 is 1.65 bits per heavy atom. The molecule has 2 N–H and O–H groups in total. The van der Waals surface area contributed by atoms with Crippen LogP contribution in [0.4, 0.5) is 11.4 Å². The fraction of sp³-hybridized carbons (Fsp3) is 0.513. The number of nitrogens with zero attached hydrogens (tertiary/aromatic N) is 6. The van der Waals surface area contributed by atoms with Gasteiger partial charge >= 0.3 is 0 Å². The molecule has 12 nitrogen and oxygen atoms in total. The Hall–Kier alpha value is -4.26. The Morgan fingerprint density at radius 1 is 0.923 bits per heavy atom. The summed E-state index contributed by atoms with van der Waals surface area (Å²) in [7, 11) is 3.68. The maximum Gasteiger partial charge on any atom is 0.287 e. The number of likely N-dealkylation sites (tertiary alicyclic amines) is 1. The second-order valence-corrected chi connectivity index (χ2v) is 15.4. The van der Waals surface area contributed by atoms with Gasteiger partial charge in [-0.25, -0.2) is 4.68 Å². The van der Waals surface area contributed by atoms with Crippen molar-refractivity contribution in [2.24, 2.45) is 7.05 Å². The first kappa shape index (κ1) is 36.1. The molecule has 7 rings (SSSR count). The van der Waals surface area contributed by atoms with Crippen molar-refractivity contribution in [1.82, 2.24) is 29.8 Å². The normalized spacial score (nSPS) is 23.8. The van der Waals surface area contributed by atoms with E-state index in [9.17, 15) is 19.2 Å². The van der Waals surface area contributed by atoms with Gasteiger partial charge in [0.1, 0.15) is 5.02 Å². The van der Waals surface area contributed by atoms with E-state index in [0.29, 0.717) is 24.6 Å². The van der Waals surface area contributed by atoms with Gasteiger partial charge in [0.2, 0.25) is 11.8 Å². The summed E-state index contributed by atoms with van der Waals surface area (Å²) >= 11 is 6.32. The number of rotatable bonds is 7. The zero-order valence-corrected chi connectivity index (χ0v) is 31.1. The molecule has 1 aromatic heterocycles. The number of imide groups is 1. The molecular formula is C39H49ClN8O4. The predicted octanol–water partition coefficient (Wildman–Crippen LogP) is 3.59. The molecular weight excluding hydrogens is 680 g/mol. The van der Waals surface area contributed by atoms with E-state index in [0.717, 1.165) is 88.3 Å². The Kier molecular flexibility index (Phi) is 10.7. The Bertz CT molecular complexity index is 1870. The van der Waals surface area contributed by atoms with Gasteiger partial charge in [-0.15, -0.1) is 0 Å². The van der Waals surface area contributed by atoms with Crippen LogP contribution in [0.25, 0.3) is 0 Å². The summed E-state index contributed by atoms with van der Waals surface area (Å²) in [5.74, 6) is -0.277. The molecule has 0 bridgehead atoms. The molecule has 3 aromatic rings. The van der Waals surface area contributed by atoms with Crippen LogP contribution in [0.15, 0.2) is 53.5 Å². The van der Waals surface area contributed by atoms with E-state index in [1.807, 2.05) is 17.0 Å². The molecule has 52 heavy (non-hydrogen) atoms. The Morgan fingerprint density at radius 3 is 2.35 bits per heavy atom. The number of carbonyl (C=O) groups excluding carboxylic acids is 3. The number of piperidine rings is 3. The molecule has 3 unspecified atom stereocenters. The van der Waals surface area contributed by atoms with Gasteiger partial charge in [-0.2, -0.15) is 5.10 Å². The van der Waals surface area contributed by atoms with Crippen molar-refractivity contribution < 1.29 is 14.4 Å². The highest BCUT2D eigenvalue weighted by Gasteiger charge is 2.32. The molecule has 276 valence electrons. The van der Waals surface area contributed by atoms with E-state index in [2.05, 4.69) is 74.7 Å². The topological polar surface area (TPSA) is 123 Å². The molecule has 0 saturated carbocycles. The minimum Gasteiger partial charge on any atom is -0.378 e. The molecule has 3 atom stereocenters. The van der Waals surface area contributed by atoms with Gasteiger partial charge in [0.15, 0.2) is 0 Å². The lowest BCUT2D eigenvalue weighted by Crippen LogP contribution is -2.54. The summed E-state index contributed by atoms with van der Waals surface area (Å²) in [5, 5.41) is 10.2. The number of hydrogen-bond donors (Lipinski definition) is 2. The van der Waals surface area contributed by atoms with E-state index in [4.69, 9.17) is 11.6 Å². The first-order valence-electron chi connectivity index (χ1n) is 18.5. The van der Waals surface area contributed by atoms with Gasteiger partial charge in [-0.1, -0.05) is 29.8 Å². The maximum absolute atomic E-state index is 13.5. The van der Waals surface area contributed by atoms with Crippen molar-refractivity contribution in [2.75, 3.05) is 69.6 Å². The SMILES string of the molecule is Cc1cc(N2CCC(N3CCN(C(=O)c4ccc(C5CC(Nc6cnn(C)c(=O)c6Cl)CN(C)C5)cc4)CC3)CC2)ccc1C1CCC(=O)NC1=O. The van der Waals surface area contributed by atoms with Crippen molar-refractivity contribution in [3.05, 3.63) is 86.3 Å². The molecule has 0 aliphatic carbocycles. The minimum absolute atomic E-state index is 0.0882. The number of amides is 3. The summed E-state index contributed by atoms with van der Waals surface area (Å²) in [6.45, 7) is 8.94. The number of carbonyl (C=O) groups is 3. The summed E-state index contributed by atoms with van der Waals surface area (Å²) < 4.78 is 1.23. The number of hydrogen-bond acceptors (Lipinski definition) is 9. The summed E-state index contributed by atoms with van der Waals surface area (Å²) in [6.07, 6.45) is 5.58. The summed E-state index contributed by atoms with van der Waals surface area (Å²) in [6, 6.07) is 15.1. The lowest BCUT2D eigenvalue weighted by Gasteiger charge is -2.43. The molecule has 13 heteroatoms. The van der Waals surface area contributed by atoms with Crippen LogP contribution < -0.4 is 21.1 Å². The number of anilines is 2. The van der Waals surface area contributed by atoms with Crippen LogP contribution in [0.5, 0.6) is 0 Å². The number of aromatic nitrogens is 2. The van der Waals surface area contributed by atoms with Gasteiger partial charge < -0.3 is 20.0 Å². The zero-order chi connectivity index (χ0) is 36.5. The molecule has 4 aliphatic heterocycles. The Labute approximate surface area is 310 Å². The summed E-state index contributed by atoms with van der Waals surface area (Å²) in [4.78, 5) is 59.1. The van der Waals surface area contributed by atoms with Gasteiger partial charge in [-0.3, -0.25) is 29.4 Å². The number of halogens is 1. The molecule has 4 fully saturated rings. The lowest BCUT2D eigenvalue weighted by atomic mass is 9.87. The maximum atomic E-state index is 13.5. The monoisotopic (exact) mass is 728 g/mol. The van der Waals surface area contributed by atoms with E-state index >= 15 is 0 Å². The van der Waals surface area contributed by atoms with Crippen molar-refractivity contribution in [2.45, 2.75) is 62.9 Å². The molecule has 0 spiro atoms. The average molecular weight is 729 g/mol. The minimum atomic E-state index is -0.320. The lowest BCUT2D eigenvalue weighted by molar-refractivity contribution is -0.134. The zero-order valence-electron chi connectivity index (χ0n) is 30.3. The highest BCUT2D eigenvalue weighted by Crippen LogP contribution is 2.32. The van der Waals surface area contributed by atoms with Gasteiger partial charge in [-0.05, 0) is 86.5 Å². The van der Waals surface area contributed by atoms with Crippen LogP contribution >= 0.6 is 11.6 Å². The number of aryl methyl sites for hydroxylation is 2. The third kappa shape index (κ3) is 7.74. The van der Waals surface area contributed by atoms with Crippen molar-refractivity contribution in [1.29, 1.82) is 0 Å². The molecule has 2 aromatic carbocycles. The average Bonchev–Trinajstić information content (AvgIpc) is 3.15. The van der Waals surface area contributed by atoms with Gasteiger partial charge in [0, 0.05) is 89.2 Å². The fourth-order valence-electron chi connectivity index (χ4n) is 8.59. The van der Waals surface area contributed by atoms with Crippen LogP contribution in [-0.4, -0.2) is 114 Å². The van der Waals surface area contributed by atoms with Gasteiger partial charge in [0.25, 0.3) is 11.5 Å². The van der Waals surface area contributed by atoms with Crippen molar-refractivity contribution in [3.63, 3.8) is 0 Å². The second-order valence-electron chi connectivity index (χ2n) is 15.0. The number of nitrogens with one attached hydrogen (secondary N) is 2.